The molecule has 5 heteroatoms. The molecule has 1 heterocycles. The average molecular weight is 399 g/mol. The number of ether oxygens (including phenoxy) is 1. The Hall–Kier alpha value is -2.40. The Morgan fingerprint density at radius 1 is 1.08 bits per heavy atom. The summed E-state index contributed by atoms with van der Waals surface area (Å²) < 4.78 is 6.38. The zero-order valence-electron chi connectivity index (χ0n) is 14.3. The van der Waals surface area contributed by atoms with E-state index in [1.165, 1.54) is 0 Å². The van der Waals surface area contributed by atoms with Gasteiger partial charge in [-0.05, 0) is 45.0 Å². The van der Waals surface area contributed by atoms with Crippen molar-refractivity contribution in [2.75, 3.05) is 5.32 Å². The number of nitrogens with zero attached hydrogens (tertiary/aromatic N) is 1. The van der Waals surface area contributed by atoms with E-state index in [1.807, 2.05) is 75.4 Å². The molecular weight excluding hydrogens is 380 g/mol. The Labute approximate surface area is 155 Å². The van der Waals surface area contributed by atoms with Gasteiger partial charge in [-0.25, -0.2) is 9.78 Å². The number of anilines is 1. The predicted molar refractivity (Wildman–Crippen MR) is 105 cm³/mol. The number of hydrogen-bond acceptors (Lipinski definition) is 3. The molecule has 0 aliphatic rings. The second kappa shape index (κ2) is 6.84. The van der Waals surface area contributed by atoms with E-state index in [0.29, 0.717) is 5.69 Å². The zero-order valence-corrected chi connectivity index (χ0v) is 15.9. The molecule has 128 valence electrons. The number of halogens is 1. The third-order valence-electron chi connectivity index (χ3n) is 3.49. The third-order valence-corrected chi connectivity index (χ3v) is 4.02. The molecule has 3 rings (SSSR count). The number of aromatic nitrogens is 1. The lowest BCUT2D eigenvalue weighted by molar-refractivity contribution is 0.0636. The van der Waals surface area contributed by atoms with Crippen molar-refractivity contribution in [3.63, 3.8) is 0 Å². The highest BCUT2D eigenvalue weighted by atomic mass is 79.9. The minimum Gasteiger partial charge on any atom is -0.444 e. The Morgan fingerprint density at radius 3 is 2.44 bits per heavy atom. The van der Waals surface area contributed by atoms with E-state index in [1.54, 1.807) is 0 Å². The highest BCUT2D eigenvalue weighted by Crippen LogP contribution is 2.29. The molecule has 1 N–H and O–H groups in total. The standard InChI is InChI=1S/C20H19BrN2O2/c1-20(2,3)25-19(24)23-18-12-17(13-8-10-14(21)11-9-13)22-16-7-5-4-6-15(16)18/h4-12H,1-3H3,(H,22,23,24). The number of hydrogen-bond donors (Lipinski definition) is 1. The summed E-state index contributed by atoms with van der Waals surface area (Å²) in [4.78, 5) is 16.9. The lowest BCUT2D eigenvalue weighted by Gasteiger charge is -2.20. The van der Waals surface area contributed by atoms with Gasteiger partial charge >= 0.3 is 6.09 Å². The van der Waals surface area contributed by atoms with Crippen LogP contribution in [0.3, 0.4) is 0 Å². The number of carbonyl (C=O) groups excluding carboxylic acids is 1. The summed E-state index contributed by atoms with van der Waals surface area (Å²) in [6.07, 6.45) is -0.481. The van der Waals surface area contributed by atoms with Crippen molar-refractivity contribution in [3.05, 3.63) is 59.1 Å². The molecule has 25 heavy (non-hydrogen) atoms. The summed E-state index contributed by atoms with van der Waals surface area (Å²) in [5, 5.41) is 3.72. The molecule has 0 saturated carbocycles. The molecule has 0 bridgehead atoms. The number of benzene rings is 2. The number of para-hydroxylation sites is 1. The van der Waals surface area contributed by atoms with Gasteiger partial charge in [0.1, 0.15) is 5.60 Å². The Bertz CT molecular complexity index is 915. The van der Waals surface area contributed by atoms with E-state index in [0.717, 1.165) is 26.6 Å². The van der Waals surface area contributed by atoms with Crippen molar-refractivity contribution in [2.45, 2.75) is 26.4 Å². The van der Waals surface area contributed by atoms with Gasteiger partial charge in [0.05, 0.1) is 16.9 Å². The van der Waals surface area contributed by atoms with Gasteiger partial charge in [0.2, 0.25) is 0 Å². The van der Waals surface area contributed by atoms with Gasteiger partial charge < -0.3 is 4.74 Å². The van der Waals surface area contributed by atoms with Crippen LogP contribution in [0.2, 0.25) is 0 Å². The summed E-state index contributed by atoms with van der Waals surface area (Å²) in [6.45, 7) is 5.51. The molecule has 1 aromatic heterocycles. The molecule has 1 amide bonds. The second-order valence-electron chi connectivity index (χ2n) is 6.71. The second-order valence-corrected chi connectivity index (χ2v) is 7.62. The van der Waals surface area contributed by atoms with Crippen LogP contribution >= 0.6 is 15.9 Å². The molecule has 2 aromatic carbocycles. The topological polar surface area (TPSA) is 51.2 Å². The first-order valence-corrected chi connectivity index (χ1v) is 8.77. The van der Waals surface area contributed by atoms with Crippen LogP contribution in [-0.4, -0.2) is 16.7 Å². The molecule has 0 saturated heterocycles. The summed E-state index contributed by atoms with van der Waals surface area (Å²) in [5.41, 5.74) is 2.70. The Balaban J connectivity index is 2.04. The maximum atomic E-state index is 12.2. The smallest absolute Gasteiger partial charge is 0.412 e. The molecular formula is C20H19BrN2O2. The van der Waals surface area contributed by atoms with Crippen LogP contribution in [0.4, 0.5) is 10.5 Å². The summed E-state index contributed by atoms with van der Waals surface area (Å²) in [5.74, 6) is 0. The normalized spacial score (nSPS) is 11.4. The Kier molecular flexibility index (Phi) is 4.77. The maximum absolute atomic E-state index is 12.2. The van der Waals surface area contributed by atoms with Crippen molar-refractivity contribution >= 4 is 38.6 Å². The maximum Gasteiger partial charge on any atom is 0.412 e. The van der Waals surface area contributed by atoms with Gasteiger partial charge in [-0.3, -0.25) is 5.32 Å². The van der Waals surface area contributed by atoms with E-state index in [2.05, 4.69) is 21.2 Å². The molecule has 0 aliphatic carbocycles. The van der Waals surface area contributed by atoms with E-state index in [9.17, 15) is 4.79 Å². The fraction of sp³-hybridized carbons (Fsp3) is 0.200. The Morgan fingerprint density at radius 2 is 1.76 bits per heavy atom. The third kappa shape index (κ3) is 4.37. The fourth-order valence-electron chi connectivity index (χ4n) is 2.46. The van der Waals surface area contributed by atoms with Gasteiger partial charge in [0.15, 0.2) is 0 Å². The molecule has 0 fully saturated rings. The number of fused-ring (bicyclic) bond motifs is 1. The van der Waals surface area contributed by atoms with Crippen LogP contribution in [0.1, 0.15) is 20.8 Å². The van der Waals surface area contributed by atoms with Gasteiger partial charge in [-0.2, -0.15) is 0 Å². The van der Waals surface area contributed by atoms with Crippen molar-refractivity contribution in [3.8, 4) is 11.3 Å². The van der Waals surface area contributed by atoms with Crippen LogP contribution in [0.15, 0.2) is 59.1 Å². The van der Waals surface area contributed by atoms with Crippen molar-refractivity contribution in [2.24, 2.45) is 0 Å². The summed E-state index contributed by atoms with van der Waals surface area (Å²) >= 11 is 3.44. The average Bonchev–Trinajstić information content (AvgIpc) is 2.53. The predicted octanol–water partition coefficient (Wildman–Crippen LogP) is 6.01. The van der Waals surface area contributed by atoms with Gasteiger partial charge in [-0.15, -0.1) is 0 Å². The lowest BCUT2D eigenvalue weighted by Crippen LogP contribution is -2.27. The van der Waals surface area contributed by atoms with Gasteiger partial charge in [-0.1, -0.05) is 46.3 Å². The van der Waals surface area contributed by atoms with E-state index >= 15 is 0 Å². The van der Waals surface area contributed by atoms with Crippen molar-refractivity contribution < 1.29 is 9.53 Å². The van der Waals surface area contributed by atoms with Gasteiger partial charge in [0.25, 0.3) is 0 Å². The summed E-state index contributed by atoms with van der Waals surface area (Å²) in [6, 6.07) is 17.5. The monoisotopic (exact) mass is 398 g/mol. The SMILES string of the molecule is CC(C)(C)OC(=O)Nc1cc(-c2ccc(Br)cc2)nc2ccccc12. The summed E-state index contributed by atoms with van der Waals surface area (Å²) in [7, 11) is 0. The molecule has 0 radical (unpaired) electrons. The molecule has 0 spiro atoms. The largest absolute Gasteiger partial charge is 0.444 e. The highest BCUT2D eigenvalue weighted by Gasteiger charge is 2.17. The number of amides is 1. The number of pyridine rings is 1. The van der Waals surface area contributed by atoms with Gasteiger partial charge in [0, 0.05) is 15.4 Å². The van der Waals surface area contributed by atoms with Crippen LogP contribution in [0.5, 0.6) is 0 Å². The number of rotatable bonds is 2. The van der Waals surface area contributed by atoms with Crippen LogP contribution < -0.4 is 5.32 Å². The lowest BCUT2D eigenvalue weighted by atomic mass is 10.1. The highest BCUT2D eigenvalue weighted by molar-refractivity contribution is 9.10. The van der Waals surface area contributed by atoms with E-state index in [4.69, 9.17) is 9.72 Å². The van der Waals surface area contributed by atoms with E-state index in [-0.39, 0.29) is 0 Å². The minimum atomic E-state index is -0.554. The molecule has 3 aromatic rings. The van der Waals surface area contributed by atoms with Crippen LogP contribution in [0, 0.1) is 0 Å². The van der Waals surface area contributed by atoms with Crippen LogP contribution in [0.25, 0.3) is 22.2 Å². The fourth-order valence-corrected chi connectivity index (χ4v) is 2.73. The zero-order chi connectivity index (χ0) is 18.0. The first kappa shape index (κ1) is 17.4. The number of nitrogens with one attached hydrogen (secondary N) is 1. The van der Waals surface area contributed by atoms with Crippen molar-refractivity contribution in [1.82, 2.24) is 4.98 Å². The van der Waals surface area contributed by atoms with Crippen LogP contribution in [-0.2, 0) is 4.74 Å². The molecule has 0 aliphatic heterocycles. The molecule has 0 unspecified atom stereocenters. The quantitative estimate of drug-likeness (QED) is 0.574. The van der Waals surface area contributed by atoms with Crippen molar-refractivity contribution in [1.29, 1.82) is 0 Å². The molecule has 0 atom stereocenters. The molecule has 4 nitrogen and oxygen atoms in total. The van der Waals surface area contributed by atoms with E-state index < -0.39 is 11.7 Å². The first-order valence-electron chi connectivity index (χ1n) is 7.97. The first-order chi connectivity index (χ1) is 11.8. The number of carbonyl (C=O) groups is 1. The minimum absolute atomic E-state index is 0.481.